The van der Waals surface area contributed by atoms with Crippen LogP contribution < -0.4 is 0 Å². The number of hydrogen-bond acceptors (Lipinski definition) is 2. The number of carbonyl (C=O) groups excluding carboxylic acids is 1. The van der Waals surface area contributed by atoms with E-state index in [2.05, 4.69) is 13.0 Å². The number of rotatable bonds is 4. The van der Waals surface area contributed by atoms with E-state index in [9.17, 15) is 4.79 Å². The van der Waals surface area contributed by atoms with Crippen LogP contribution in [-0.4, -0.2) is 18.0 Å². The highest BCUT2D eigenvalue weighted by atomic mass is 16.5. The van der Waals surface area contributed by atoms with Crippen molar-refractivity contribution in [3.63, 3.8) is 0 Å². The van der Waals surface area contributed by atoms with Crippen LogP contribution in [0.2, 0.25) is 0 Å². The van der Waals surface area contributed by atoms with Crippen molar-refractivity contribution in [3.8, 4) is 0 Å². The molecule has 2 bridgehead atoms. The summed E-state index contributed by atoms with van der Waals surface area (Å²) in [6.07, 6.45) is 8.55. The minimum Gasteiger partial charge on any atom is -0.366 e. The second-order valence-corrected chi connectivity index (χ2v) is 4.31. The molecular formula is C12H18O2. The molecule has 0 spiro atoms. The lowest BCUT2D eigenvalue weighted by molar-refractivity contribution is -0.128. The van der Waals surface area contributed by atoms with Gasteiger partial charge >= 0.3 is 0 Å². The van der Waals surface area contributed by atoms with E-state index in [0.29, 0.717) is 18.6 Å². The van der Waals surface area contributed by atoms with Crippen molar-refractivity contribution in [2.45, 2.75) is 57.7 Å². The molecule has 1 saturated heterocycles. The van der Waals surface area contributed by atoms with Gasteiger partial charge in [-0.1, -0.05) is 25.8 Å². The van der Waals surface area contributed by atoms with E-state index in [1.165, 1.54) is 24.8 Å². The highest BCUT2D eigenvalue weighted by Gasteiger charge is 2.34. The quantitative estimate of drug-likeness (QED) is 0.508. The van der Waals surface area contributed by atoms with Gasteiger partial charge < -0.3 is 4.74 Å². The standard InChI is InChI=1S/C12H18O2/c1-2-3-4-5-9-6-11-7-10(13)8-12(9)14-11/h6,11-12H,2-5,7-8H2,1H3. The van der Waals surface area contributed by atoms with Gasteiger partial charge in [-0.15, -0.1) is 0 Å². The highest BCUT2D eigenvalue weighted by molar-refractivity contribution is 5.81. The molecule has 2 aliphatic heterocycles. The van der Waals surface area contributed by atoms with Gasteiger partial charge in [0, 0.05) is 12.8 Å². The SMILES string of the molecule is CCCCCC1=CC2CC(=O)CC1O2. The molecule has 1 fully saturated rings. The third-order valence-corrected chi connectivity index (χ3v) is 3.06. The molecule has 0 aliphatic carbocycles. The molecule has 0 saturated carbocycles. The van der Waals surface area contributed by atoms with E-state index in [1.807, 2.05) is 0 Å². The highest BCUT2D eigenvalue weighted by Crippen LogP contribution is 2.32. The van der Waals surface area contributed by atoms with Gasteiger partial charge in [-0.05, 0) is 18.4 Å². The van der Waals surface area contributed by atoms with Crippen LogP contribution in [0, 0.1) is 0 Å². The Hall–Kier alpha value is -0.630. The van der Waals surface area contributed by atoms with Gasteiger partial charge in [-0.2, -0.15) is 0 Å². The Labute approximate surface area is 85.3 Å². The first-order chi connectivity index (χ1) is 6.79. The molecule has 2 heteroatoms. The normalized spacial score (nSPS) is 30.6. The Morgan fingerprint density at radius 1 is 1.43 bits per heavy atom. The molecule has 78 valence electrons. The molecule has 2 unspecified atom stereocenters. The molecule has 2 nitrogen and oxygen atoms in total. The Morgan fingerprint density at radius 2 is 2.29 bits per heavy atom. The number of ketones is 1. The van der Waals surface area contributed by atoms with Crippen LogP contribution in [0.3, 0.4) is 0 Å². The summed E-state index contributed by atoms with van der Waals surface area (Å²) in [5, 5.41) is 0. The lowest BCUT2D eigenvalue weighted by Gasteiger charge is -2.20. The predicted octanol–water partition coefficient (Wildman–Crippen LogP) is 2.62. The summed E-state index contributed by atoms with van der Waals surface area (Å²) >= 11 is 0. The molecule has 0 radical (unpaired) electrons. The maximum atomic E-state index is 11.3. The largest absolute Gasteiger partial charge is 0.366 e. The van der Waals surface area contributed by atoms with Crippen LogP contribution in [0.5, 0.6) is 0 Å². The van der Waals surface area contributed by atoms with Gasteiger partial charge in [0.15, 0.2) is 0 Å². The minimum absolute atomic E-state index is 0.109. The van der Waals surface area contributed by atoms with Gasteiger partial charge in [0.25, 0.3) is 0 Å². The number of ether oxygens (including phenoxy) is 1. The topological polar surface area (TPSA) is 26.3 Å². The molecule has 0 amide bonds. The number of Topliss-reactive ketones (excluding diaryl/α,β-unsaturated/α-hetero) is 1. The first-order valence-corrected chi connectivity index (χ1v) is 5.67. The van der Waals surface area contributed by atoms with E-state index in [4.69, 9.17) is 4.74 Å². The van der Waals surface area contributed by atoms with Crippen LogP contribution in [0.1, 0.15) is 45.4 Å². The van der Waals surface area contributed by atoms with Gasteiger partial charge in [-0.25, -0.2) is 0 Å². The first kappa shape index (κ1) is 9.91. The summed E-state index contributed by atoms with van der Waals surface area (Å²) in [5.41, 5.74) is 1.38. The van der Waals surface area contributed by atoms with Crippen LogP contribution in [0.15, 0.2) is 11.6 Å². The number of fused-ring (bicyclic) bond motifs is 2. The third-order valence-electron chi connectivity index (χ3n) is 3.06. The molecule has 2 rings (SSSR count). The molecule has 2 aliphatic rings. The zero-order valence-electron chi connectivity index (χ0n) is 8.79. The molecule has 0 aromatic rings. The summed E-state index contributed by atoms with van der Waals surface area (Å²) in [5.74, 6) is 0.369. The fourth-order valence-corrected chi connectivity index (χ4v) is 2.31. The first-order valence-electron chi connectivity index (χ1n) is 5.67. The van der Waals surface area contributed by atoms with Crippen molar-refractivity contribution >= 4 is 5.78 Å². The fourth-order valence-electron chi connectivity index (χ4n) is 2.31. The monoisotopic (exact) mass is 194 g/mol. The van der Waals surface area contributed by atoms with Crippen LogP contribution in [0.4, 0.5) is 0 Å². The van der Waals surface area contributed by atoms with Crippen LogP contribution in [0.25, 0.3) is 0 Å². The average molecular weight is 194 g/mol. The van der Waals surface area contributed by atoms with Gasteiger partial charge in [0.05, 0.1) is 12.2 Å². The molecule has 14 heavy (non-hydrogen) atoms. The second-order valence-electron chi connectivity index (χ2n) is 4.31. The zero-order valence-corrected chi connectivity index (χ0v) is 8.79. The maximum Gasteiger partial charge on any atom is 0.138 e. The Morgan fingerprint density at radius 3 is 3.07 bits per heavy atom. The molecule has 2 heterocycles. The van der Waals surface area contributed by atoms with E-state index in [-0.39, 0.29) is 12.2 Å². The summed E-state index contributed by atoms with van der Waals surface area (Å²) in [6, 6.07) is 0. The Balaban J connectivity index is 1.88. The molecule has 0 aromatic carbocycles. The fraction of sp³-hybridized carbons (Fsp3) is 0.750. The lowest BCUT2D eigenvalue weighted by Crippen LogP contribution is -2.26. The number of hydrogen-bond donors (Lipinski definition) is 0. The van der Waals surface area contributed by atoms with Crippen molar-refractivity contribution < 1.29 is 9.53 Å². The van der Waals surface area contributed by atoms with Gasteiger partial charge in [0.1, 0.15) is 5.78 Å². The Bertz CT molecular complexity index is 255. The average Bonchev–Trinajstić information content (AvgIpc) is 2.42. The van der Waals surface area contributed by atoms with Crippen molar-refractivity contribution in [3.05, 3.63) is 11.6 Å². The predicted molar refractivity (Wildman–Crippen MR) is 55.1 cm³/mol. The summed E-state index contributed by atoms with van der Waals surface area (Å²) < 4.78 is 5.70. The summed E-state index contributed by atoms with van der Waals surface area (Å²) in [7, 11) is 0. The molecule has 0 N–H and O–H groups in total. The van der Waals surface area contributed by atoms with Crippen molar-refractivity contribution in [1.82, 2.24) is 0 Å². The smallest absolute Gasteiger partial charge is 0.138 e. The van der Waals surface area contributed by atoms with E-state index in [0.717, 1.165) is 6.42 Å². The molecular weight excluding hydrogens is 176 g/mol. The zero-order chi connectivity index (χ0) is 9.97. The van der Waals surface area contributed by atoms with Crippen LogP contribution >= 0.6 is 0 Å². The second kappa shape index (κ2) is 4.26. The van der Waals surface area contributed by atoms with Gasteiger partial charge in [0.2, 0.25) is 0 Å². The van der Waals surface area contributed by atoms with E-state index >= 15 is 0 Å². The number of unbranched alkanes of at least 4 members (excludes halogenated alkanes) is 2. The molecule has 2 atom stereocenters. The number of carbonyl (C=O) groups is 1. The maximum absolute atomic E-state index is 11.3. The minimum atomic E-state index is 0.109. The van der Waals surface area contributed by atoms with Crippen LogP contribution in [-0.2, 0) is 9.53 Å². The Kier molecular flexibility index (Phi) is 3.02. The van der Waals surface area contributed by atoms with Crippen molar-refractivity contribution in [2.24, 2.45) is 0 Å². The third kappa shape index (κ3) is 2.06. The lowest BCUT2D eigenvalue weighted by atomic mass is 10.0. The van der Waals surface area contributed by atoms with E-state index in [1.54, 1.807) is 0 Å². The summed E-state index contributed by atoms with van der Waals surface area (Å²) in [4.78, 5) is 11.3. The van der Waals surface area contributed by atoms with Crippen molar-refractivity contribution in [1.29, 1.82) is 0 Å². The van der Waals surface area contributed by atoms with Crippen molar-refractivity contribution in [2.75, 3.05) is 0 Å². The molecule has 0 aromatic heterocycles. The van der Waals surface area contributed by atoms with Gasteiger partial charge in [-0.3, -0.25) is 4.79 Å². The van der Waals surface area contributed by atoms with E-state index < -0.39 is 0 Å². The summed E-state index contributed by atoms with van der Waals surface area (Å²) in [6.45, 7) is 2.21.